The minimum atomic E-state index is -0.0456. The van der Waals surface area contributed by atoms with E-state index in [9.17, 15) is 4.79 Å². The maximum Gasteiger partial charge on any atom is 0.227 e. The van der Waals surface area contributed by atoms with Crippen molar-refractivity contribution in [3.05, 3.63) is 41.8 Å². The highest BCUT2D eigenvalue weighted by Crippen LogP contribution is 2.21. The molecule has 112 valence electrons. The highest BCUT2D eigenvalue weighted by Gasteiger charge is 2.14. The Hall–Kier alpha value is -2.14. The number of hydrogen-bond donors (Lipinski definition) is 1. The summed E-state index contributed by atoms with van der Waals surface area (Å²) in [5.74, 6) is 1.14. The van der Waals surface area contributed by atoms with Crippen LogP contribution in [0.3, 0.4) is 0 Å². The SMILES string of the molecule is Cc1nc(-c2ccccc2)oc1CC(=O)NCCN(C)C. The zero-order valence-corrected chi connectivity index (χ0v) is 12.7. The Kier molecular flexibility index (Phi) is 5.11. The second-order valence-corrected chi connectivity index (χ2v) is 5.22. The molecule has 1 heterocycles. The average Bonchev–Trinajstić information content (AvgIpc) is 2.81. The molecule has 0 bridgehead atoms. The van der Waals surface area contributed by atoms with E-state index in [1.165, 1.54) is 0 Å². The van der Waals surface area contributed by atoms with E-state index in [2.05, 4.69) is 10.3 Å². The number of carbonyl (C=O) groups excluding carboxylic acids is 1. The van der Waals surface area contributed by atoms with Crippen LogP contribution < -0.4 is 5.32 Å². The van der Waals surface area contributed by atoms with Crippen LogP contribution in [0.15, 0.2) is 34.7 Å². The van der Waals surface area contributed by atoms with Gasteiger partial charge >= 0.3 is 0 Å². The highest BCUT2D eigenvalue weighted by molar-refractivity contribution is 5.78. The number of carbonyl (C=O) groups is 1. The minimum Gasteiger partial charge on any atom is -0.440 e. The van der Waals surface area contributed by atoms with E-state index in [1.807, 2.05) is 56.3 Å². The van der Waals surface area contributed by atoms with Crippen LogP contribution in [0.5, 0.6) is 0 Å². The molecular weight excluding hydrogens is 266 g/mol. The van der Waals surface area contributed by atoms with Gasteiger partial charge in [-0.15, -0.1) is 0 Å². The van der Waals surface area contributed by atoms with Crippen LogP contribution in [-0.2, 0) is 11.2 Å². The topological polar surface area (TPSA) is 58.4 Å². The number of benzene rings is 1. The van der Waals surface area contributed by atoms with Gasteiger partial charge in [0.15, 0.2) is 0 Å². The van der Waals surface area contributed by atoms with Crippen molar-refractivity contribution in [1.29, 1.82) is 0 Å². The van der Waals surface area contributed by atoms with Crippen molar-refractivity contribution in [3.63, 3.8) is 0 Å². The molecule has 0 radical (unpaired) electrons. The summed E-state index contributed by atoms with van der Waals surface area (Å²) in [5.41, 5.74) is 1.68. The molecule has 21 heavy (non-hydrogen) atoms. The van der Waals surface area contributed by atoms with Crippen molar-refractivity contribution in [2.45, 2.75) is 13.3 Å². The molecular formula is C16H21N3O2. The lowest BCUT2D eigenvalue weighted by molar-refractivity contribution is -0.120. The summed E-state index contributed by atoms with van der Waals surface area (Å²) in [7, 11) is 3.94. The Balaban J connectivity index is 1.98. The number of oxazole rings is 1. The first-order chi connectivity index (χ1) is 10.1. The molecule has 1 aromatic carbocycles. The van der Waals surface area contributed by atoms with E-state index >= 15 is 0 Å². The molecule has 0 saturated heterocycles. The Labute approximate surface area is 125 Å². The number of nitrogens with zero attached hydrogens (tertiary/aromatic N) is 2. The summed E-state index contributed by atoms with van der Waals surface area (Å²) in [6.45, 7) is 3.30. The Bertz CT molecular complexity index is 591. The Morgan fingerprint density at radius 2 is 2.00 bits per heavy atom. The predicted molar refractivity (Wildman–Crippen MR) is 81.9 cm³/mol. The normalized spacial score (nSPS) is 10.9. The minimum absolute atomic E-state index is 0.0456. The van der Waals surface area contributed by atoms with Gasteiger partial charge in [-0.05, 0) is 33.2 Å². The largest absolute Gasteiger partial charge is 0.440 e. The predicted octanol–water partition coefficient (Wildman–Crippen LogP) is 1.87. The number of aryl methyl sites for hydroxylation is 1. The molecule has 0 aliphatic carbocycles. The standard InChI is InChI=1S/C16H21N3O2/c1-12-14(11-15(20)17-9-10-19(2)3)21-16(18-12)13-7-5-4-6-8-13/h4-8H,9-11H2,1-3H3,(H,17,20). The Morgan fingerprint density at radius 1 is 1.29 bits per heavy atom. The fourth-order valence-corrected chi connectivity index (χ4v) is 1.92. The summed E-state index contributed by atoms with van der Waals surface area (Å²) in [5, 5.41) is 2.87. The van der Waals surface area contributed by atoms with Crippen LogP contribution in [0.4, 0.5) is 0 Å². The summed E-state index contributed by atoms with van der Waals surface area (Å²) in [6.07, 6.45) is 0.221. The van der Waals surface area contributed by atoms with Gasteiger partial charge in [-0.25, -0.2) is 4.98 Å². The second kappa shape index (κ2) is 7.04. The molecule has 0 aliphatic rings. The molecule has 1 aromatic heterocycles. The van der Waals surface area contributed by atoms with E-state index < -0.39 is 0 Å². The molecule has 0 saturated carbocycles. The molecule has 5 nitrogen and oxygen atoms in total. The summed E-state index contributed by atoms with van der Waals surface area (Å²) >= 11 is 0. The fraction of sp³-hybridized carbons (Fsp3) is 0.375. The summed E-state index contributed by atoms with van der Waals surface area (Å²) in [6, 6.07) is 9.68. The van der Waals surface area contributed by atoms with E-state index in [1.54, 1.807) is 0 Å². The third kappa shape index (κ3) is 4.43. The van der Waals surface area contributed by atoms with Crippen molar-refractivity contribution >= 4 is 5.91 Å². The average molecular weight is 287 g/mol. The molecule has 0 atom stereocenters. The van der Waals surface area contributed by atoms with Crippen molar-refractivity contribution in [2.24, 2.45) is 0 Å². The molecule has 2 aromatic rings. The van der Waals surface area contributed by atoms with Gasteiger partial charge < -0.3 is 14.6 Å². The van der Waals surface area contributed by atoms with Crippen molar-refractivity contribution in [2.75, 3.05) is 27.2 Å². The van der Waals surface area contributed by atoms with Gasteiger partial charge in [-0.3, -0.25) is 4.79 Å². The zero-order valence-electron chi connectivity index (χ0n) is 12.7. The van der Waals surface area contributed by atoms with E-state index in [-0.39, 0.29) is 12.3 Å². The number of amides is 1. The van der Waals surface area contributed by atoms with E-state index in [4.69, 9.17) is 4.42 Å². The quantitative estimate of drug-likeness (QED) is 0.881. The van der Waals surface area contributed by atoms with E-state index in [0.717, 1.165) is 17.8 Å². The number of rotatable bonds is 6. The number of nitrogens with one attached hydrogen (secondary N) is 1. The molecule has 0 fully saturated rings. The highest BCUT2D eigenvalue weighted by atomic mass is 16.4. The summed E-state index contributed by atoms with van der Waals surface area (Å²) in [4.78, 5) is 18.3. The molecule has 2 rings (SSSR count). The van der Waals surface area contributed by atoms with Gasteiger partial charge in [0, 0.05) is 18.7 Å². The number of hydrogen-bond acceptors (Lipinski definition) is 4. The van der Waals surface area contributed by atoms with Gasteiger partial charge in [0.2, 0.25) is 11.8 Å². The third-order valence-corrected chi connectivity index (χ3v) is 3.12. The zero-order chi connectivity index (χ0) is 15.2. The molecule has 5 heteroatoms. The van der Waals surface area contributed by atoms with Crippen LogP contribution in [0, 0.1) is 6.92 Å². The smallest absolute Gasteiger partial charge is 0.227 e. The van der Waals surface area contributed by atoms with Gasteiger partial charge in [-0.1, -0.05) is 18.2 Å². The second-order valence-electron chi connectivity index (χ2n) is 5.22. The number of aromatic nitrogens is 1. The molecule has 1 amide bonds. The monoisotopic (exact) mass is 287 g/mol. The summed E-state index contributed by atoms with van der Waals surface area (Å²) < 4.78 is 5.72. The van der Waals surface area contributed by atoms with Crippen LogP contribution in [0.1, 0.15) is 11.5 Å². The lowest BCUT2D eigenvalue weighted by Gasteiger charge is -2.09. The molecule has 0 unspecified atom stereocenters. The lowest BCUT2D eigenvalue weighted by Crippen LogP contribution is -2.32. The van der Waals surface area contributed by atoms with Crippen molar-refractivity contribution in [3.8, 4) is 11.5 Å². The van der Waals surface area contributed by atoms with Crippen LogP contribution in [0.2, 0.25) is 0 Å². The maximum absolute atomic E-state index is 11.9. The molecule has 1 N–H and O–H groups in total. The van der Waals surface area contributed by atoms with Gasteiger partial charge in [-0.2, -0.15) is 0 Å². The third-order valence-electron chi connectivity index (χ3n) is 3.12. The fourth-order valence-electron chi connectivity index (χ4n) is 1.92. The van der Waals surface area contributed by atoms with Crippen LogP contribution >= 0.6 is 0 Å². The first-order valence-electron chi connectivity index (χ1n) is 6.99. The van der Waals surface area contributed by atoms with Gasteiger partial charge in [0.25, 0.3) is 0 Å². The van der Waals surface area contributed by atoms with Gasteiger partial charge in [0.1, 0.15) is 5.76 Å². The Morgan fingerprint density at radius 3 is 2.67 bits per heavy atom. The first-order valence-corrected chi connectivity index (χ1v) is 6.99. The lowest BCUT2D eigenvalue weighted by atomic mass is 10.2. The molecule has 0 aliphatic heterocycles. The van der Waals surface area contributed by atoms with Crippen molar-refractivity contribution in [1.82, 2.24) is 15.2 Å². The van der Waals surface area contributed by atoms with Gasteiger partial charge in [0.05, 0.1) is 12.1 Å². The molecule has 0 spiro atoms. The number of likely N-dealkylation sites (N-methyl/N-ethyl adjacent to an activating group) is 1. The van der Waals surface area contributed by atoms with Crippen LogP contribution in [0.25, 0.3) is 11.5 Å². The van der Waals surface area contributed by atoms with E-state index in [0.29, 0.717) is 18.2 Å². The van der Waals surface area contributed by atoms with Crippen molar-refractivity contribution < 1.29 is 9.21 Å². The maximum atomic E-state index is 11.9. The first kappa shape index (κ1) is 15.3. The van der Waals surface area contributed by atoms with Crippen LogP contribution in [-0.4, -0.2) is 43.0 Å².